The van der Waals surface area contributed by atoms with Crippen molar-refractivity contribution in [2.45, 2.75) is 153 Å². The van der Waals surface area contributed by atoms with Gasteiger partial charge in [-0.3, -0.25) is 6.08 Å². The standard InChI is InChI=1S/C29H41.C11H17.C3H6.Zr/c1-26(2,3)22-14-18-13-19-15-23(27(4,5)6)25(29(10,11)12)17-21(19)20(18)16-24(22)28(7,8)9;1-5-9-6-7-10(8-9)11(2,3)4;1-3-2;/h13-17H,1-12H3;7-9H,5H2,1-4H3;1-2H3;/q2*-1;;+2. The molecule has 44 heavy (non-hydrogen) atoms. The summed E-state index contributed by atoms with van der Waals surface area (Å²) >= 11 is 1.55. The van der Waals surface area contributed by atoms with Crippen LogP contribution < -0.4 is 0 Å². The van der Waals surface area contributed by atoms with Crippen molar-refractivity contribution in [2.75, 3.05) is 0 Å². The van der Waals surface area contributed by atoms with Gasteiger partial charge in [-0.2, -0.15) is 11.6 Å². The zero-order valence-electron chi connectivity index (χ0n) is 31.8. The van der Waals surface area contributed by atoms with E-state index in [1.165, 1.54) is 59.0 Å². The van der Waals surface area contributed by atoms with Gasteiger partial charge in [0.25, 0.3) is 0 Å². The van der Waals surface area contributed by atoms with Gasteiger partial charge in [0.2, 0.25) is 0 Å². The number of hydrogen-bond acceptors (Lipinski definition) is 0. The van der Waals surface area contributed by atoms with Gasteiger partial charge in [-0.05, 0) is 21.7 Å². The molecule has 1 aliphatic rings. The summed E-state index contributed by atoms with van der Waals surface area (Å²) in [5.41, 5.74) is 8.14. The summed E-state index contributed by atoms with van der Waals surface area (Å²) in [5, 5.41) is 5.57. The molecule has 0 spiro atoms. The van der Waals surface area contributed by atoms with E-state index in [2.05, 4.69) is 173 Å². The Bertz CT molecular complexity index is 1420. The third-order valence-electron chi connectivity index (χ3n) is 8.35. The van der Waals surface area contributed by atoms with E-state index in [0.29, 0.717) is 11.3 Å². The molecule has 0 amide bonds. The minimum absolute atomic E-state index is 0.124. The molecular formula is C43H64Zr. The molecular weight excluding hydrogens is 608 g/mol. The van der Waals surface area contributed by atoms with Crippen LogP contribution >= 0.6 is 0 Å². The van der Waals surface area contributed by atoms with E-state index in [1.54, 1.807) is 24.2 Å². The Labute approximate surface area is 287 Å². The van der Waals surface area contributed by atoms with E-state index >= 15 is 0 Å². The SMILES string of the molecule is CC(C)(C)c1cc2[cH-]c3cc(C(C)(C)C)c(C(C)(C)C)cc3c2cc1C(C)(C)C.CCC1[C-]=CC(C(C)(C)C)=C1.C[C](C)=[Zr+2]. The summed E-state index contributed by atoms with van der Waals surface area (Å²) in [6.07, 6.45) is 9.00. The average molecular weight is 672 g/mol. The van der Waals surface area contributed by atoms with Crippen molar-refractivity contribution in [2.24, 2.45) is 11.3 Å². The minimum atomic E-state index is 0.124. The Kier molecular flexibility index (Phi) is 12.1. The van der Waals surface area contributed by atoms with Crippen molar-refractivity contribution in [3.8, 4) is 0 Å². The molecule has 0 fully saturated rings. The van der Waals surface area contributed by atoms with Crippen LogP contribution in [-0.2, 0) is 45.9 Å². The monoisotopic (exact) mass is 670 g/mol. The van der Waals surface area contributed by atoms with Gasteiger partial charge in [-0.25, -0.2) is 6.08 Å². The first-order valence-corrected chi connectivity index (χ1v) is 18.0. The zero-order chi connectivity index (χ0) is 34.2. The molecule has 1 atom stereocenters. The van der Waals surface area contributed by atoms with Crippen molar-refractivity contribution in [3.05, 3.63) is 76.4 Å². The van der Waals surface area contributed by atoms with Crippen LogP contribution in [0.3, 0.4) is 0 Å². The summed E-state index contributed by atoms with van der Waals surface area (Å²) in [5.74, 6) is 0.573. The topological polar surface area (TPSA) is 0 Å². The Morgan fingerprint density at radius 2 is 0.932 bits per heavy atom. The molecule has 0 aromatic heterocycles. The second-order valence-corrected chi connectivity index (χ2v) is 20.8. The molecule has 0 heterocycles. The van der Waals surface area contributed by atoms with Crippen LogP contribution in [0.15, 0.2) is 48.1 Å². The van der Waals surface area contributed by atoms with Crippen LogP contribution in [0, 0.1) is 17.4 Å². The van der Waals surface area contributed by atoms with Crippen molar-refractivity contribution in [1.82, 2.24) is 0 Å². The van der Waals surface area contributed by atoms with Gasteiger partial charge in [-0.15, -0.1) is 39.7 Å². The van der Waals surface area contributed by atoms with E-state index in [0.717, 1.165) is 0 Å². The summed E-state index contributed by atoms with van der Waals surface area (Å²) < 4.78 is 1.51. The maximum absolute atomic E-state index is 3.35. The fraction of sp³-hybridized carbons (Fsp3) is 0.581. The fourth-order valence-corrected chi connectivity index (χ4v) is 5.80. The Hall–Kier alpha value is -1.46. The summed E-state index contributed by atoms with van der Waals surface area (Å²) in [4.78, 5) is 0. The summed E-state index contributed by atoms with van der Waals surface area (Å²) in [7, 11) is 0. The number of benzene rings is 2. The van der Waals surface area contributed by atoms with Crippen LogP contribution in [0.4, 0.5) is 0 Å². The van der Waals surface area contributed by atoms with Crippen molar-refractivity contribution in [3.63, 3.8) is 0 Å². The van der Waals surface area contributed by atoms with Gasteiger partial charge in [0.15, 0.2) is 0 Å². The van der Waals surface area contributed by atoms with Crippen LogP contribution in [-0.4, -0.2) is 3.21 Å². The Morgan fingerprint density at radius 3 is 1.16 bits per heavy atom. The van der Waals surface area contributed by atoms with E-state index < -0.39 is 0 Å². The van der Waals surface area contributed by atoms with Crippen molar-refractivity contribution < 1.29 is 24.2 Å². The summed E-state index contributed by atoms with van der Waals surface area (Å²) in [6, 6.07) is 12.3. The van der Waals surface area contributed by atoms with Gasteiger partial charge < -0.3 is 0 Å². The van der Waals surface area contributed by atoms with E-state index in [4.69, 9.17) is 0 Å². The third-order valence-corrected chi connectivity index (χ3v) is 8.35. The quantitative estimate of drug-likeness (QED) is 0.226. The first kappa shape index (κ1) is 38.7. The molecule has 0 bridgehead atoms. The van der Waals surface area contributed by atoms with Gasteiger partial charge in [-0.1, -0.05) is 163 Å². The third kappa shape index (κ3) is 10.0. The van der Waals surface area contributed by atoms with Gasteiger partial charge in [0.05, 0.1) is 0 Å². The van der Waals surface area contributed by atoms with Gasteiger partial charge in [0.1, 0.15) is 0 Å². The molecule has 0 radical (unpaired) electrons. The molecule has 1 unspecified atom stereocenters. The molecule has 0 nitrogen and oxygen atoms in total. The Morgan fingerprint density at radius 1 is 0.614 bits per heavy atom. The summed E-state index contributed by atoms with van der Waals surface area (Å²) in [6.45, 7) is 41.2. The van der Waals surface area contributed by atoms with Crippen LogP contribution in [0.5, 0.6) is 0 Å². The maximum atomic E-state index is 3.35. The van der Waals surface area contributed by atoms with Crippen LogP contribution in [0.25, 0.3) is 21.5 Å². The van der Waals surface area contributed by atoms with Crippen molar-refractivity contribution in [1.29, 1.82) is 0 Å². The molecule has 1 aliphatic carbocycles. The zero-order valence-corrected chi connectivity index (χ0v) is 34.3. The number of allylic oxidation sites excluding steroid dienone is 4. The van der Waals surface area contributed by atoms with Crippen molar-refractivity contribution >= 4 is 24.8 Å². The second kappa shape index (κ2) is 13.7. The molecule has 0 N–H and O–H groups in total. The number of fused-ring (bicyclic) bond motifs is 3. The second-order valence-electron chi connectivity index (χ2n) is 18.3. The fourth-order valence-electron chi connectivity index (χ4n) is 5.80. The first-order chi connectivity index (χ1) is 19.7. The molecule has 3 aromatic rings. The predicted octanol–water partition coefficient (Wildman–Crippen LogP) is 13.0. The molecule has 4 rings (SSSR count). The molecule has 3 aromatic carbocycles. The number of rotatable bonds is 1. The van der Waals surface area contributed by atoms with Crippen LogP contribution in [0.2, 0.25) is 0 Å². The van der Waals surface area contributed by atoms with Crippen LogP contribution in [0.1, 0.15) is 153 Å². The first-order valence-electron chi connectivity index (χ1n) is 16.7. The Balaban J connectivity index is 0.000000371. The van der Waals surface area contributed by atoms with Gasteiger partial charge in [0, 0.05) is 0 Å². The number of hydrogen-bond donors (Lipinski definition) is 0. The van der Waals surface area contributed by atoms with E-state index in [9.17, 15) is 0 Å². The molecule has 0 saturated carbocycles. The average Bonchev–Trinajstić information content (AvgIpc) is 3.44. The van der Waals surface area contributed by atoms with Gasteiger partial charge >= 0.3 is 41.3 Å². The molecule has 240 valence electrons. The predicted molar refractivity (Wildman–Crippen MR) is 197 cm³/mol. The molecule has 1 heteroatoms. The molecule has 0 aliphatic heterocycles. The normalized spacial score (nSPS) is 16.0. The van der Waals surface area contributed by atoms with E-state index in [1.807, 2.05) is 0 Å². The van der Waals surface area contributed by atoms with E-state index in [-0.39, 0.29) is 21.7 Å². The molecule has 0 saturated heterocycles.